The molecule has 1 aromatic rings. The number of aldehydes is 1. The highest BCUT2D eigenvalue weighted by Crippen LogP contribution is 2.02. The molecule has 1 rings (SSSR count). The Morgan fingerprint density at radius 1 is 1.30 bits per heavy atom. The molecule has 0 radical (unpaired) electrons. The number of benzene rings is 1. The summed E-state index contributed by atoms with van der Waals surface area (Å²) in [5, 5.41) is 2.38. The van der Waals surface area contributed by atoms with Crippen LogP contribution in [0, 0.1) is 0 Å². The lowest BCUT2D eigenvalue weighted by Gasteiger charge is -2.12. The van der Waals surface area contributed by atoms with Gasteiger partial charge >= 0.3 is 12.1 Å². The van der Waals surface area contributed by atoms with E-state index in [0.717, 1.165) is 5.56 Å². The SMILES string of the molecule is COC(=O)CCC(C=O)NC(=O)OCc1ccccc1. The third-order valence-electron chi connectivity index (χ3n) is 2.57. The number of nitrogens with one attached hydrogen (secondary N) is 1. The molecule has 0 aliphatic rings. The first-order valence-electron chi connectivity index (χ1n) is 6.15. The highest BCUT2D eigenvalue weighted by molar-refractivity contribution is 5.74. The van der Waals surface area contributed by atoms with Crippen LogP contribution in [0.3, 0.4) is 0 Å². The predicted molar refractivity (Wildman–Crippen MR) is 70.9 cm³/mol. The number of esters is 1. The van der Waals surface area contributed by atoms with Gasteiger partial charge in [0.05, 0.1) is 13.2 Å². The molecule has 1 N–H and O–H groups in total. The van der Waals surface area contributed by atoms with Gasteiger partial charge in [-0.25, -0.2) is 4.79 Å². The lowest BCUT2D eigenvalue weighted by atomic mass is 10.2. The van der Waals surface area contributed by atoms with Gasteiger partial charge in [0.1, 0.15) is 12.9 Å². The van der Waals surface area contributed by atoms with E-state index in [9.17, 15) is 14.4 Å². The third kappa shape index (κ3) is 5.99. The number of methoxy groups -OCH3 is 1. The molecule has 0 aliphatic heterocycles. The summed E-state index contributed by atoms with van der Waals surface area (Å²) in [6.45, 7) is 0.120. The summed E-state index contributed by atoms with van der Waals surface area (Å²) in [4.78, 5) is 33.2. The summed E-state index contributed by atoms with van der Waals surface area (Å²) in [7, 11) is 1.26. The van der Waals surface area contributed by atoms with Crippen molar-refractivity contribution in [3.05, 3.63) is 35.9 Å². The van der Waals surface area contributed by atoms with Gasteiger partial charge in [-0.2, -0.15) is 0 Å². The van der Waals surface area contributed by atoms with Crippen LogP contribution in [0.1, 0.15) is 18.4 Å². The Bertz CT molecular complexity index is 446. The smallest absolute Gasteiger partial charge is 0.408 e. The standard InChI is InChI=1S/C14H17NO5/c1-19-13(17)8-7-12(9-16)15-14(18)20-10-11-5-3-2-4-6-11/h2-6,9,12H,7-8,10H2,1H3,(H,15,18). The molecule has 0 aromatic heterocycles. The molecule has 1 aromatic carbocycles. The fourth-order valence-electron chi connectivity index (χ4n) is 1.47. The molecule has 20 heavy (non-hydrogen) atoms. The number of hydrogen-bond acceptors (Lipinski definition) is 5. The van der Waals surface area contributed by atoms with Crippen LogP contribution in [0.2, 0.25) is 0 Å². The number of rotatable bonds is 7. The Kier molecular flexibility index (Phi) is 6.81. The molecule has 0 fully saturated rings. The second kappa shape index (κ2) is 8.68. The molecule has 1 amide bonds. The monoisotopic (exact) mass is 279 g/mol. The number of alkyl carbamates (subject to hydrolysis) is 1. The second-order valence-corrected chi connectivity index (χ2v) is 4.06. The minimum absolute atomic E-state index is 0.0544. The summed E-state index contributed by atoms with van der Waals surface area (Å²) in [5.41, 5.74) is 0.847. The minimum atomic E-state index is -0.766. The second-order valence-electron chi connectivity index (χ2n) is 4.06. The Hall–Kier alpha value is -2.37. The van der Waals surface area contributed by atoms with Crippen LogP contribution in [0.4, 0.5) is 4.79 Å². The van der Waals surface area contributed by atoms with Crippen molar-refractivity contribution in [3.8, 4) is 0 Å². The van der Waals surface area contributed by atoms with Crippen molar-refractivity contribution in [2.24, 2.45) is 0 Å². The summed E-state index contributed by atoms with van der Waals surface area (Å²) in [5.74, 6) is -0.434. The van der Waals surface area contributed by atoms with Gasteiger partial charge in [0, 0.05) is 6.42 Å². The fourth-order valence-corrected chi connectivity index (χ4v) is 1.47. The van der Waals surface area contributed by atoms with Gasteiger partial charge in [-0.3, -0.25) is 4.79 Å². The molecule has 0 aliphatic carbocycles. The van der Waals surface area contributed by atoms with E-state index in [1.165, 1.54) is 7.11 Å². The molecular formula is C14H17NO5. The predicted octanol–water partition coefficient (Wildman–Crippen LogP) is 1.43. The van der Waals surface area contributed by atoms with Crippen molar-refractivity contribution in [1.82, 2.24) is 5.32 Å². The summed E-state index contributed by atoms with van der Waals surface area (Å²) in [6, 6.07) is 8.40. The molecule has 108 valence electrons. The Morgan fingerprint density at radius 2 is 2.00 bits per heavy atom. The van der Waals surface area contributed by atoms with Crippen LogP contribution in [0.15, 0.2) is 30.3 Å². The zero-order valence-corrected chi connectivity index (χ0v) is 11.2. The maximum atomic E-state index is 11.5. The highest BCUT2D eigenvalue weighted by atomic mass is 16.5. The van der Waals surface area contributed by atoms with E-state index in [-0.39, 0.29) is 19.4 Å². The summed E-state index contributed by atoms with van der Waals surface area (Å²) in [6.07, 6.45) is 0.0955. The van der Waals surface area contributed by atoms with Gasteiger partial charge in [-0.1, -0.05) is 30.3 Å². The highest BCUT2D eigenvalue weighted by Gasteiger charge is 2.14. The number of carbonyl (C=O) groups is 3. The summed E-state index contributed by atoms with van der Waals surface area (Å²) < 4.78 is 9.43. The maximum absolute atomic E-state index is 11.5. The van der Waals surface area contributed by atoms with Gasteiger partial charge in [-0.15, -0.1) is 0 Å². The Morgan fingerprint density at radius 3 is 2.60 bits per heavy atom. The Balaban J connectivity index is 2.32. The lowest BCUT2D eigenvalue weighted by molar-refractivity contribution is -0.140. The van der Waals surface area contributed by atoms with Crippen molar-refractivity contribution >= 4 is 18.3 Å². The topological polar surface area (TPSA) is 81.7 Å². The zero-order valence-electron chi connectivity index (χ0n) is 11.2. The zero-order chi connectivity index (χ0) is 14.8. The molecule has 0 saturated carbocycles. The number of ether oxygens (including phenoxy) is 2. The van der Waals surface area contributed by atoms with Crippen LogP contribution in [-0.4, -0.2) is 31.5 Å². The summed E-state index contributed by atoms with van der Waals surface area (Å²) >= 11 is 0. The van der Waals surface area contributed by atoms with Gasteiger partial charge in [0.15, 0.2) is 0 Å². The first kappa shape index (κ1) is 15.7. The van der Waals surface area contributed by atoms with Gasteiger partial charge in [0.25, 0.3) is 0 Å². The first-order valence-corrected chi connectivity index (χ1v) is 6.15. The number of amides is 1. The largest absolute Gasteiger partial charge is 0.469 e. The van der Waals surface area contributed by atoms with Crippen LogP contribution in [0.5, 0.6) is 0 Å². The van der Waals surface area contributed by atoms with Crippen LogP contribution in [-0.2, 0) is 25.7 Å². The van der Waals surface area contributed by atoms with Gasteiger partial charge in [-0.05, 0) is 12.0 Å². The molecule has 0 spiro atoms. The van der Waals surface area contributed by atoms with Crippen molar-refractivity contribution in [2.45, 2.75) is 25.5 Å². The van der Waals surface area contributed by atoms with Gasteiger partial charge < -0.3 is 19.6 Å². The van der Waals surface area contributed by atoms with E-state index < -0.39 is 18.1 Å². The van der Waals surface area contributed by atoms with Crippen molar-refractivity contribution in [1.29, 1.82) is 0 Å². The molecular weight excluding hydrogens is 262 g/mol. The fraction of sp³-hybridized carbons (Fsp3) is 0.357. The normalized spacial score (nSPS) is 11.2. The van der Waals surface area contributed by atoms with E-state index in [0.29, 0.717) is 6.29 Å². The minimum Gasteiger partial charge on any atom is -0.469 e. The van der Waals surface area contributed by atoms with E-state index >= 15 is 0 Å². The molecule has 1 atom stereocenters. The van der Waals surface area contributed by atoms with E-state index in [2.05, 4.69) is 10.1 Å². The molecule has 0 bridgehead atoms. The number of hydrogen-bond donors (Lipinski definition) is 1. The molecule has 6 heteroatoms. The van der Waals surface area contributed by atoms with Crippen molar-refractivity contribution in [2.75, 3.05) is 7.11 Å². The van der Waals surface area contributed by atoms with Crippen LogP contribution in [0.25, 0.3) is 0 Å². The Labute approximate surface area is 117 Å². The average molecular weight is 279 g/mol. The maximum Gasteiger partial charge on any atom is 0.408 e. The van der Waals surface area contributed by atoms with Crippen LogP contribution < -0.4 is 5.32 Å². The van der Waals surface area contributed by atoms with E-state index in [4.69, 9.17) is 4.74 Å². The number of carbonyl (C=O) groups excluding carboxylic acids is 3. The molecule has 0 saturated heterocycles. The van der Waals surface area contributed by atoms with E-state index in [1.807, 2.05) is 30.3 Å². The first-order chi connectivity index (χ1) is 9.65. The molecule has 1 unspecified atom stereocenters. The quantitative estimate of drug-likeness (QED) is 0.603. The molecule has 6 nitrogen and oxygen atoms in total. The van der Waals surface area contributed by atoms with Crippen LogP contribution >= 0.6 is 0 Å². The third-order valence-corrected chi connectivity index (χ3v) is 2.57. The van der Waals surface area contributed by atoms with Gasteiger partial charge in [0.2, 0.25) is 0 Å². The van der Waals surface area contributed by atoms with Crippen molar-refractivity contribution < 1.29 is 23.9 Å². The average Bonchev–Trinajstić information content (AvgIpc) is 2.49. The molecule has 0 heterocycles. The van der Waals surface area contributed by atoms with E-state index in [1.54, 1.807) is 0 Å². The van der Waals surface area contributed by atoms with Crippen molar-refractivity contribution in [3.63, 3.8) is 0 Å². The lowest BCUT2D eigenvalue weighted by Crippen LogP contribution is -2.36.